The van der Waals surface area contributed by atoms with E-state index >= 15 is 0 Å². The molecule has 1 saturated heterocycles. The number of nitrogens with zero attached hydrogens (tertiary/aromatic N) is 3. The minimum atomic E-state index is -0.699. The van der Waals surface area contributed by atoms with E-state index in [1.165, 1.54) is 17.0 Å². The van der Waals surface area contributed by atoms with Gasteiger partial charge < -0.3 is 20.3 Å². The summed E-state index contributed by atoms with van der Waals surface area (Å²) in [6, 6.07) is 4.26. The third kappa shape index (κ3) is 4.71. The van der Waals surface area contributed by atoms with Gasteiger partial charge in [-0.05, 0) is 31.5 Å². The second kappa shape index (κ2) is 9.62. The fourth-order valence-electron chi connectivity index (χ4n) is 4.85. The van der Waals surface area contributed by atoms with Gasteiger partial charge in [0.05, 0.1) is 34.1 Å². The van der Waals surface area contributed by atoms with E-state index in [1.54, 1.807) is 18.7 Å². The van der Waals surface area contributed by atoms with Crippen molar-refractivity contribution in [3.8, 4) is 17.0 Å². The lowest BCUT2D eigenvalue weighted by molar-refractivity contribution is 0.0672. The van der Waals surface area contributed by atoms with E-state index in [0.717, 1.165) is 23.8 Å². The number of benzene rings is 2. The van der Waals surface area contributed by atoms with Gasteiger partial charge in [0.15, 0.2) is 0 Å². The van der Waals surface area contributed by atoms with Crippen LogP contribution in [-0.4, -0.2) is 52.4 Å². The van der Waals surface area contributed by atoms with Crippen LogP contribution in [-0.2, 0) is 13.5 Å². The van der Waals surface area contributed by atoms with Gasteiger partial charge in [0.2, 0.25) is 0 Å². The van der Waals surface area contributed by atoms with Crippen molar-refractivity contribution in [3.05, 3.63) is 69.6 Å². The highest BCUT2D eigenvalue weighted by Crippen LogP contribution is 2.38. The van der Waals surface area contributed by atoms with Crippen molar-refractivity contribution in [2.24, 2.45) is 7.05 Å². The Balaban J connectivity index is 1.41. The van der Waals surface area contributed by atoms with Crippen LogP contribution < -0.4 is 15.4 Å². The highest BCUT2D eigenvalue weighted by Gasteiger charge is 2.35. The maximum Gasteiger partial charge on any atom is 0.315 e. The molecule has 3 amide bonds. The predicted molar refractivity (Wildman–Crippen MR) is 129 cm³/mol. The summed E-state index contributed by atoms with van der Waals surface area (Å²) in [4.78, 5) is 26.3. The van der Waals surface area contributed by atoms with Crippen LogP contribution in [0.1, 0.15) is 34.6 Å². The van der Waals surface area contributed by atoms with Crippen LogP contribution in [0.2, 0.25) is 5.02 Å². The molecule has 5 rings (SSSR count). The molecule has 8 nitrogen and oxygen atoms in total. The van der Waals surface area contributed by atoms with Gasteiger partial charge in [0.25, 0.3) is 5.91 Å². The molecule has 2 aliphatic heterocycles. The summed E-state index contributed by atoms with van der Waals surface area (Å²) in [7, 11) is 1.67. The molecule has 194 valence electrons. The van der Waals surface area contributed by atoms with Crippen LogP contribution >= 0.6 is 11.6 Å². The standard InChI is InChI=1S/C25H23ClF3N5O3/c1-12-22-18(23(33(2)32-22)13-5-14(27)7-15(28)6-13)3-4-34(12)24(35)19-8-16(29)9-20(21(19)26)37-11-17-10-30-25(36)31-17/h5-9,12,17H,3-4,10-11H2,1-2H3,(H2,30,31,36)/t12-,17+/m0/s1. The molecule has 2 N–H and O–H groups in total. The number of carbonyl (C=O) groups excluding carboxylic acids is 2. The number of hydrogen-bond donors (Lipinski definition) is 2. The van der Waals surface area contributed by atoms with E-state index in [9.17, 15) is 22.8 Å². The van der Waals surface area contributed by atoms with E-state index in [-0.39, 0.29) is 41.6 Å². The molecule has 0 unspecified atom stereocenters. The van der Waals surface area contributed by atoms with Gasteiger partial charge in [-0.3, -0.25) is 9.48 Å². The SMILES string of the molecule is C[C@H]1c2nn(C)c(-c3cc(F)cc(F)c3)c2CCN1C(=O)c1cc(F)cc(OC[C@H]2CNC(=O)N2)c1Cl. The monoisotopic (exact) mass is 533 g/mol. The number of aryl methyl sites for hydroxylation is 1. The first-order valence-electron chi connectivity index (χ1n) is 11.6. The number of aromatic nitrogens is 2. The van der Waals surface area contributed by atoms with Gasteiger partial charge in [-0.25, -0.2) is 18.0 Å². The summed E-state index contributed by atoms with van der Waals surface area (Å²) < 4.78 is 49.4. The normalized spacial score (nSPS) is 18.9. The van der Waals surface area contributed by atoms with E-state index in [2.05, 4.69) is 15.7 Å². The molecular formula is C25H23ClF3N5O3. The Morgan fingerprint density at radius 3 is 2.54 bits per heavy atom. The van der Waals surface area contributed by atoms with E-state index in [1.807, 2.05) is 0 Å². The smallest absolute Gasteiger partial charge is 0.315 e. The van der Waals surface area contributed by atoms with Crippen molar-refractivity contribution < 1.29 is 27.5 Å². The van der Waals surface area contributed by atoms with Crippen LogP contribution in [0.5, 0.6) is 5.75 Å². The molecule has 3 aromatic rings. The summed E-state index contributed by atoms with van der Waals surface area (Å²) >= 11 is 6.46. The molecule has 3 heterocycles. The Morgan fingerprint density at radius 2 is 1.86 bits per heavy atom. The van der Waals surface area contributed by atoms with Crippen molar-refractivity contribution in [1.82, 2.24) is 25.3 Å². The number of rotatable bonds is 5. The number of hydrogen-bond acceptors (Lipinski definition) is 4. The number of ether oxygens (including phenoxy) is 1. The Hall–Kier alpha value is -3.73. The number of carbonyl (C=O) groups is 2. The van der Waals surface area contributed by atoms with Crippen molar-refractivity contribution in [1.29, 1.82) is 0 Å². The first-order valence-corrected chi connectivity index (χ1v) is 12.0. The van der Waals surface area contributed by atoms with Gasteiger partial charge in [0, 0.05) is 43.4 Å². The number of nitrogens with one attached hydrogen (secondary N) is 2. The Bertz CT molecular complexity index is 1390. The predicted octanol–water partition coefficient (Wildman–Crippen LogP) is 3.98. The molecule has 0 bridgehead atoms. The second-order valence-corrected chi connectivity index (χ2v) is 9.42. The third-order valence-corrected chi connectivity index (χ3v) is 6.95. The quantitative estimate of drug-likeness (QED) is 0.519. The minimum absolute atomic E-state index is 0.00947. The Morgan fingerprint density at radius 1 is 1.16 bits per heavy atom. The van der Waals surface area contributed by atoms with E-state index in [4.69, 9.17) is 16.3 Å². The number of amides is 3. The molecule has 0 aliphatic carbocycles. The molecule has 1 aromatic heterocycles. The third-order valence-electron chi connectivity index (χ3n) is 6.56. The molecule has 37 heavy (non-hydrogen) atoms. The zero-order valence-corrected chi connectivity index (χ0v) is 20.7. The molecule has 2 aliphatic rings. The molecule has 0 saturated carbocycles. The topological polar surface area (TPSA) is 88.5 Å². The van der Waals surface area contributed by atoms with Crippen LogP contribution in [0.4, 0.5) is 18.0 Å². The Kier molecular flexibility index (Phi) is 6.49. The highest BCUT2D eigenvalue weighted by atomic mass is 35.5. The Labute approximate surface area is 215 Å². The lowest BCUT2D eigenvalue weighted by Gasteiger charge is -2.33. The first kappa shape index (κ1) is 24.9. The fourth-order valence-corrected chi connectivity index (χ4v) is 5.09. The fraction of sp³-hybridized carbons (Fsp3) is 0.320. The van der Waals surface area contributed by atoms with Crippen molar-refractivity contribution in [3.63, 3.8) is 0 Å². The molecule has 12 heteroatoms. The van der Waals surface area contributed by atoms with Crippen LogP contribution in [0.3, 0.4) is 0 Å². The van der Waals surface area contributed by atoms with Gasteiger partial charge in [-0.15, -0.1) is 0 Å². The van der Waals surface area contributed by atoms with Gasteiger partial charge in [0.1, 0.15) is 29.8 Å². The van der Waals surface area contributed by atoms with Crippen molar-refractivity contribution in [2.75, 3.05) is 19.7 Å². The lowest BCUT2D eigenvalue weighted by Crippen LogP contribution is -2.39. The van der Waals surface area contributed by atoms with E-state index < -0.39 is 29.4 Å². The van der Waals surface area contributed by atoms with Crippen LogP contribution in [0.15, 0.2) is 30.3 Å². The molecule has 2 atom stereocenters. The minimum Gasteiger partial charge on any atom is -0.490 e. The van der Waals surface area contributed by atoms with Crippen molar-refractivity contribution >= 4 is 23.5 Å². The van der Waals surface area contributed by atoms with Crippen LogP contribution in [0, 0.1) is 17.5 Å². The molecule has 2 aromatic carbocycles. The number of fused-ring (bicyclic) bond motifs is 1. The maximum absolute atomic E-state index is 14.5. The van der Waals surface area contributed by atoms with Gasteiger partial charge in [-0.1, -0.05) is 11.6 Å². The van der Waals surface area contributed by atoms with E-state index in [0.29, 0.717) is 29.9 Å². The average Bonchev–Trinajstić information content (AvgIpc) is 3.41. The zero-order chi connectivity index (χ0) is 26.4. The zero-order valence-electron chi connectivity index (χ0n) is 19.9. The molecule has 1 fully saturated rings. The second-order valence-electron chi connectivity index (χ2n) is 9.05. The summed E-state index contributed by atoms with van der Waals surface area (Å²) in [6.07, 6.45) is 0.372. The largest absolute Gasteiger partial charge is 0.490 e. The average molecular weight is 534 g/mol. The number of halogens is 4. The first-order chi connectivity index (χ1) is 17.6. The summed E-state index contributed by atoms with van der Waals surface area (Å²) in [6.45, 7) is 2.42. The number of urea groups is 1. The molecular weight excluding hydrogens is 511 g/mol. The van der Waals surface area contributed by atoms with Gasteiger partial charge >= 0.3 is 6.03 Å². The highest BCUT2D eigenvalue weighted by molar-refractivity contribution is 6.35. The maximum atomic E-state index is 14.5. The summed E-state index contributed by atoms with van der Waals surface area (Å²) in [5.41, 5.74) is 2.22. The van der Waals surface area contributed by atoms with Crippen LogP contribution in [0.25, 0.3) is 11.3 Å². The summed E-state index contributed by atoms with van der Waals surface area (Å²) in [5.74, 6) is -2.61. The lowest BCUT2D eigenvalue weighted by atomic mass is 9.95. The van der Waals surface area contributed by atoms with Gasteiger partial charge in [-0.2, -0.15) is 5.10 Å². The summed E-state index contributed by atoms with van der Waals surface area (Å²) in [5, 5.41) is 9.74. The molecule has 0 radical (unpaired) electrons. The van der Waals surface area contributed by atoms with Crippen molar-refractivity contribution in [2.45, 2.75) is 25.4 Å². The molecule has 0 spiro atoms.